The highest BCUT2D eigenvalue weighted by molar-refractivity contribution is 7.12. The van der Waals surface area contributed by atoms with Gasteiger partial charge in [0.15, 0.2) is 0 Å². The van der Waals surface area contributed by atoms with Gasteiger partial charge in [0, 0.05) is 18.8 Å². The molecule has 0 spiro atoms. The number of amides is 2. The van der Waals surface area contributed by atoms with Crippen molar-refractivity contribution in [1.82, 2.24) is 4.90 Å². The number of carbonyl (C=O) groups is 2. The van der Waals surface area contributed by atoms with Crippen LogP contribution in [0.4, 0.5) is 5.69 Å². The van der Waals surface area contributed by atoms with Gasteiger partial charge in [0.25, 0.3) is 5.91 Å². The average molecular weight is 286 g/mol. The van der Waals surface area contributed by atoms with Crippen LogP contribution in [0.1, 0.15) is 9.67 Å². The van der Waals surface area contributed by atoms with E-state index in [0.29, 0.717) is 13.1 Å². The number of thiophene rings is 1. The Hall–Kier alpha value is -2.14. The highest BCUT2D eigenvalue weighted by Gasteiger charge is 2.36. The molecule has 1 saturated heterocycles. The number of para-hydroxylation sites is 1. The van der Waals surface area contributed by atoms with Gasteiger partial charge in [0.05, 0.1) is 10.8 Å². The third-order valence-electron chi connectivity index (χ3n) is 3.31. The molecule has 1 aliphatic rings. The van der Waals surface area contributed by atoms with Crippen molar-refractivity contribution in [2.45, 2.75) is 0 Å². The summed E-state index contributed by atoms with van der Waals surface area (Å²) in [6.07, 6.45) is 0. The molecule has 0 bridgehead atoms. The molecule has 1 aromatic carbocycles. The lowest BCUT2D eigenvalue weighted by atomic mass is 9.98. The van der Waals surface area contributed by atoms with Gasteiger partial charge in [-0.3, -0.25) is 9.59 Å². The van der Waals surface area contributed by atoms with Crippen molar-refractivity contribution in [2.75, 3.05) is 18.4 Å². The third kappa shape index (κ3) is 2.58. The van der Waals surface area contributed by atoms with E-state index in [1.54, 1.807) is 4.90 Å². The van der Waals surface area contributed by atoms with Gasteiger partial charge in [0.2, 0.25) is 5.91 Å². The molecular weight excluding hydrogens is 272 g/mol. The maximum Gasteiger partial charge on any atom is 0.263 e. The van der Waals surface area contributed by atoms with E-state index in [4.69, 9.17) is 0 Å². The fourth-order valence-electron chi connectivity index (χ4n) is 2.13. The van der Waals surface area contributed by atoms with Crippen LogP contribution in [0.25, 0.3) is 0 Å². The monoisotopic (exact) mass is 286 g/mol. The summed E-state index contributed by atoms with van der Waals surface area (Å²) in [5.74, 6) is -0.116. The first-order valence-electron chi connectivity index (χ1n) is 6.43. The maximum atomic E-state index is 12.0. The quantitative estimate of drug-likeness (QED) is 0.942. The van der Waals surface area contributed by atoms with Crippen molar-refractivity contribution < 1.29 is 9.59 Å². The van der Waals surface area contributed by atoms with Crippen molar-refractivity contribution in [2.24, 2.45) is 5.92 Å². The Labute approximate surface area is 121 Å². The van der Waals surface area contributed by atoms with E-state index in [1.807, 2.05) is 47.8 Å². The lowest BCUT2D eigenvalue weighted by Crippen LogP contribution is -2.54. The zero-order valence-corrected chi connectivity index (χ0v) is 11.6. The lowest BCUT2D eigenvalue weighted by molar-refractivity contribution is -0.123. The number of anilines is 1. The standard InChI is InChI=1S/C15H14N2O2S/c18-14(16-12-5-2-1-3-6-12)11-9-17(10-11)15(19)13-7-4-8-20-13/h1-8,11H,9-10H2,(H,16,18). The molecule has 20 heavy (non-hydrogen) atoms. The number of nitrogens with one attached hydrogen (secondary N) is 1. The van der Waals surface area contributed by atoms with E-state index >= 15 is 0 Å². The topological polar surface area (TPSA) is 49.4 Å². The van der Waals surface area contributed by atoms with Crippen LogP contribution in [0.3, 0.4) is 0 Å². The number of hydrogen-bond acceptors (Lipinski definition) is 3. The molecule has 4 nitrogen and oxygen atoms in total. The number of carbonyl (C=O) groups excluding carboxylic acids is 2. The predicted octanol–water partition coefficient (Wildman–Crippen LogP) is 2.46. The fraction of sp³-hybridized carbons (Fsp3) is 0.200. The van der Waals surface area contributed by atoms with Crippen LogP contribution in [0.2, 0.25) is 0 Å². The van der Waals surface area contributed by atoms with Gasteiger partial charge in [-0.1, -0.05) is 24.3 Å². The first-order chi connectivity index (χ1) is 9.74. The van der Waals surface area contributed by atoms with Crippen LogP contribution in [-0.4, -0.2) is 29.8 Å². The van der Waals surface area contributed by atoms with Gasteiger partial charge in [-0.25, -0.2) is 0 Å². The van der Waals surface area contributed by atoms with Gasteiger partial charge >= 0.3 is 0 Å². The summed E-state index contributed by atoms with van der Waals surface area (Å²) in [5.41, 5.74) is 0.792. The van der Waals surface area contributed by atoms with E-state index in [9.17, 15) is 9.59 Å². The zero-order chi connectivity index (χ0) is 13.9. The Kier molecular flexibility index (Phi) is 3.52. The van der Waals surface area contributed by atoms with Crippen LogP contribution in [0.5, 0.6) is 0 Å². The number of likely N-dealkylation sites (tertiary alicyclic amines) is 1. The van der Waals surface area contributed by atoms with Crippen LogP contribution in [-0.2, 0) is 4.79 Å². The van der Waals surface area contributed by atoms with E-state index in [0.717, 1.165) is 10.6 Å². The van der Waals surface area contributed by atoms with Crippen LogP contribution < -0.4 is 5.32 Å². The highest BCUT2D eigenvalue weighted by Crippen LogP contribution is 2.22. The minimum atomic E-state index is -0.112. The molecule has 2 aromatic rings. The third-order valence-corrected chi connectivity index (χ3v) is 4.17. The number of nitrogens with zero attached hydrogens (tertiary/aromatic N) is 1. The molecule has 3 rings (SSSR count). The maximum absolute atomic E-state index is 12.0. The second-order valence-electron chi connectivity index (χ2n) is 4.74. The molecular formula is C15H14N2O2S. The molecule has 0 radical (unpaired) electrons. The number of benzene rings is 1. The van der Waals surface area contributed by atoms with E-state index < -0.39 is 0 Å². The molecule has 1 fully saturated rings. The minimum Gasteiger partial charge on any atom is -0.336 e. The second kappa shape index (κ2) is 5.46. The Morgan fingerprint density at radius 2 is 1.85 bits per heavy atom. The normalized spacial score (nSPS) is 14.7. The molecule has 0 saturated carbocycles. The molecule has 2 heterocycles. The summed E-state index contributed by atoms with van der Waals surface area (Å²) in [6, 6.07) is 13.0. The number of hydrogen-bond donors (Lipinski definition) is 1. The zero-order valence-electron chi connectivity index (χ0n) is 10.8. The lowest BCUT2D eigenvalue weighted by Gasteiger charge is -2.37. The van der Waals surface area contributed by atoms with E-state index in [2.05, 4.69) is 5.32 Å². The molecule has 2 amide bonds. The van der Waals surface area contributed by atoms with Gasteiger partial charge in [0.1, 0.15) is 0 Å². The van der Waals surface area contributed by atoms with E-state index in [1.165, 1.54) is 11.3 Å². The SMILES string of the molecule is O=C(Nc1ccccc1)C1CN(C(=O)c2cccs2)C1. The smallest absolute Gasteiger partial charge is 0.263 e. The molecule has 0 unspecified atom stereocenters. The number of rotatable bonds is 3. The van der Waals surface area contributed by atoms with Crippen molar-refractivity contribution in [3.8, 4) is 0 Å². The summed E-state index contributed by atoms with van der Waals surface area (Å²) >= 11 is 1.43. The molecule has 5 heteroatoms. The van der Waals surface area contributed by atoms with Crippen LogP contribution >= 0.6 is 11.3 Å². The van der Waals surface area contributed by atoms with Gasteiger partial charge in [-0.2, -0.15) is 0 Å². The summed E-state index contributed by atoms with van der Waals surface area (Å²) in [7, 11) is 0. The predicted molar refractivity (Wildman–Crippen MR) is 78.8 cm³/mol. The Morgan fingerprint density at radius 3 is 2.50 bits per heavy atom. The van der Waals surface area contributed by atoms with Gasteiger partial charge in [-0.15, -0.1) is 11.3 Å². The fourth-order valence-corrected chi connectivity index (χ4v) is 2.82. The second-order valence-corrected chi connectivity index (χ2v) is 5.69. The highest BCUT2D eigenvalue weighted by atomic mass is 32.1. The summed E-state index contributed by atoms with van der Waals surface area (Å²) in [4.78, 5) is 26.5. The van der Waals surface area contributed by atoms with Crippen molar-refractivity contribution >= 4 is 28.8 Å². The summed E-state index contributed by atoms with van der Waals surface area (Å²) in [5, 5.41) is 4.75. The molecule has 1 N–H and O–H groups in total. The first-order valence-corrected chi connectivity index (χ1v) is 7.30. The Balaban J connectivity index is 1.53. The molecule has 0 aliphatic carbocycles. The first kappa shape index (κ1) is 12.9. The van der Waals surface area contributed by atoms with Crippen LogP contribution in [0.15, 0.2) is 47.8 Å². The largest absolute Gasteiger partial charge is 0.336 e. The van der Waals surface area contributed by atoms with Gasteiger partial charge in [-0.05, 0) is 23.6 Å². The van der Waals surface area contributed by atoms with E-state index in [-0.39, 0.29) is 17.7 Å². The average Bonchev–Trinajstić information content (AvgIpc) is 2.91. The van der Waals surface area contributed by atoms with Crippen molar-refractivity contribution in [3.05, 3.63) is 52.7 Å². The Bertz CT molecular complexity index is 604. The summed E-state index contributed by atoms with van der Waals surface area (Å²) < 4.78 is 0. The molecule has 102 valence electrons. The van der Waals surface area contributed by atoms with Crippen molar-refractivity contribution in [1.29, 1.82) is 0 Å². The Morgan fingerprint density at radius 1 is 1.10 bits per heavy atom. The summed E-state index contributed by atoms with van der Waals surface area (Å²) in [6.45, 7) is 0.991. The van der Waals surface area contributed by atoms with Crippen LogP contribution in [0, 0.1) is 5.92 Å². The molecule has 0 atom stereocenters. The van der Waals surface area contributed by atoms with Gasteiger partial charge < -0.3 is 10.2 Å². The minimum absolute atomic E-state index is 0.0174. The molecule has 1 aromatic heterocycles. The van der Waals surface area contributed by atoms with Crippen molar-refractivity contribution in [3.63, 3.8) is 0 Å². The molecule has 1 aliphatic heterocycles.